The minimum atomic E-state index is -1.07. The van der Waals surface area contributed by atoms with E-state index in [-0.39, 0.29) is 32.8 Å². The Hall–Kier alpha value is -1.52. The molecule has 9 heteroatoms. The molecule has 1 unspecified atom stereocenters. The van der Waals surface area contributed by atoms with Crippen molar-refractivity contribution >= 4 is 11.9 Å². The van der Waals surface area contributed by atoms with Crippen LogP contribution in [0, 0.1) is 5.92 Å². The van der Waals surface area contributed by atoms with Crippen LogP contribution in [0.25, 0.3) is 0 Å². The fourth-order valence-corrected chi connectivity index (χ4v) is 2.30. The van der Waals surface area contributed by atoms with E-state index in [4.69, 9.17) is 20.4 Å². The summed E-state index contributed by atoms with van der Waals surface area (Å²) >= 11 is 0. The minimum absolute atomic E-state index is 0.0600. The first-order valence-corrected chi connectivity index (χ1v) is 10.3. The lowest BCUT2D eigenvalue weighted by atomic mass is 10.0. The largest absolute Gasteiger partial charge is 0.481 e. The van der Waals surface area contributed by atoms with Gasteiger partial charge in [-0.15, -0.1) is 0 Å². The smallest absolute Gasteiger partial charge is 0.310 e. The van der Waals surface area contributed by atoms with Gasteiger partial charge < -0.3 is 20.4 Å². The van der Waals surface area contributed by atoms with E-state index in [9.17, 15) is 9.59 Å². The SMILES string of the molecule is CCCCCCCCCCC=CC(CC(=O)O)C(=O)O.OCCONOCCO. The Balaban J connectivity index is 0. The number of carbonyl (C=O) groups is 2. The Bertz CT molecular complexity index is 398. The lowest BCUT2D eigenvalue weighted by Crippen LogP contribution is -2.19. The lowest BCUT2D eigenvalue weighted by molar-refractivity contribution is -0.178. The molecule has 0 aliphatic carbocycles. The zero-order chi connectivity index (χ0) is 22.2. The highest BCUT2D eigenvalue weighted by Gasteiger charge is 2.17. The number of rotatable bonds is 19. The van der Waals surface area contributed by atoms with Crippen LogP contribution in [0.2, 0.25) is 0 Å². The van der Waals surface area contributed by atoms with E-state index in [0.29, 0.717) is 0 Å². The topological polar surface area (TPSA) is 146 Å². The molecular formula is C20H39NO8. The monoisotopic (exact) mass is 421 g/mol. The molecule has 0 aromatic rings. The van der Waals surface area contributed by atoms with Gasteiger partial charge in [-0.3, -0.25) is 19.3 Å². The molecule has 0 amide bonds. The summed E-state index contributed by atoms with van der Waals surface area (Å²) in [5.41, 5.74) is 2.07. The van der Waals surface area contributed by atoms with Crippen LogP contribution < -0.4 is 5.64 Å². The molecule has 0 bridgehead atoms. The average Bonchev–Trinajstić information content (AvgIpc) is 2.68. The molecule has 0 aliphatic heterocycles. The van der Waals surface area contributed by atoms with Gasteiger partial charge in [0.15, 0.2) is 0 Å². The van der Waals surface area contributed by atoms with Crippen molar-refractivity contribution in [2.45, 2.75) is 71.1 Å². The predicted molar refractivity (Wildman–Crippen MR) is 109 cm³/mol. The summed E-state index contributed by atoms with van der Waals surface area (Å²) in [7, 11) is 0. The van der Waals surface area contributed by atoms with Crippen LogP contribution in [-0.4, -0.2) is 58.8 Å². The van der Waals surface area contributed by atoms with E-state index >= 15 is 0 Å². The van der Waals surface area contributed by atoms with E-state index in [2.05, 4.69) is 22.2 Å². The second-order valence-electron chi connectivity index (χ2n) is 6.46. The highest BCUT2D eigenvalue weighted by molar-refractivity contribution is 5.79. The molecule has 172 valence electrons. The van der Waals surface area contributed by atoms with Crippen molar-refractivity contribution in [3.05, 3.63) is 12.2 Å². The van der Waals surface area contributed by atoms with Gasteiger partial charge >= 0.3 is 11.9 Å². The van der Waals surface area contributed by atoms with E-state index in [1.807, 2.05) is 0 Å². The Morgan fingerprint density at radius 3 is 1.86 bits per heavy atom. The van der Waals surface area contributed by atoms with Gasteiger partial charge in [-0.1, -0.05) is 69.7 Å². The van der Waals surface area contributed by atoms with Gasteiger partial charge in [0.2, 0.25) is 0 Å². The number of carboxylic acid groups (broad SMARTS) is 2. The molecule has 5 N–H and O–H groups in total. The first kappa shape index (κ1) is 29.7. The second-order valence-corrected chi connectivity index (χ2v) is 6.46. The van der Waals surface area contributed by atoms with Gasteiger partial charge in [0.25, 0.3) is 0 Å². The molecule has 0 aromatic heterocycles. The Kier molecular flexibility index (Phi) is 25.1. The molecule has 0 saturated heterocycles. The third kappa shape index (κ3) is 26.5. The number of hydrogen-bond acceptors (Lipinski definition) is 7. The normalized spacial score (nSPS) is 11.8. The van der Waals surface area contributed by atoms with Crippen LogP contribution in [-0.2, 0) is 19.3 Å². The van der Waals surface area contributed by atoms with Crippen LogP contribution in [0.5, 0.6) is 0 Å². The van der Waals surface area contributed by atoms with Crippen molar-refractivity contribution in [3.8, 4) is 0 Å². The first-order valence-electron chi connectivity index (χ1n) is 10.3. The van der Waals surface area contributed by atoms with Crippen molar-refractivity contribution in [2.75, 3.05) is 26.4 Å². The molecule has 1 atom stereocenters. The highest BCUT2D eigenvalue weighted by atomic mass is 16.9. The van der Waals surface area contributed by atoms with Gasteiger partial charge in [-0.05, 0) is 12.8 Å². The lowest BCUT2D eigenvalue weighted by Gasteiger charge is -2.03. The maximum atomic E-state index is 10.8. The molecule has 29 heavy (non-hydrogen) atoms. The third-order valence-electron chi connectivity index (χ3n) is 3.81. The van der Waals surface area contributed by atoms with Gasteiger partial charge in [-0.2, -0.15) is 0 Å². The Labute approximate surface area is 173 Å². The molecule has 0 saturated carbocycles. The summed E-state index contributed by atoms with van der Waals surface area (Å²) in [6.07, 6.45) is 13.7. The molecule has 0 aliphatic rings. The zero-order valence-electron chi connectivity index (χ0n) is 17.6. The molecule has 9 nitrogen and oxygen atoms in total. The van der Waals surface area contributed by atoms with Crippen LogP contribution in [0.15, 0.2) is 12.2 Å². The predicted octanol–water partition coefficient (Wildman–Crippen LogP) is 2.67. The number of aliphatic hydroxyl groups is 2. The third-order valence-corrected chi connectivity index (χ3v) is 3.81. The van der Waals surface area contributed by atoms with Crippen molar-refractivity contribution in [2.24, 2.45) is 5.92 Å². The van der Waals surface area contributed by atoms with Gasteiger partial charge in [0.1, 0.15) is 0 Å². The van der Waals surface area contributed by atoms with Gasteiger partial charge in [0, 0.05) is 0 Å². The van der Waals surface area contributed by atoms with Gasteiger partial charge in [0.05, 0.1) is 38.8 Å². The fraction of sp³-hybridized carbons (Fsp3) is 0.800. The van der Waals surface area contributed by atoms with E-state index in [0.717, 1.165) is 19.3 Å². The number of carboxylic acids is 2. The zero-order valence-corrected chi connectivity index (χ0v) is 17.6. The Morgan fingerprint density at radius 2 is 1.41 bits per heavy atom. The number of aliphatic carboxylic acids is 2. The maximum Gasteiger partial charge on any atom is 0.310 e. The number of nitrogens with one attached hydrogen (secondary N) is 1. The summed E-state index contributed by atoms with van der Waals surface area (Å²) in [4.78, 5) is 30.2. The average molecular weight is 422 g/mol. The molecule has 0 rings (SSSR count). The molecule has 0 fully saturated rings. The van der Waals surface area contributed by atoms with E-state index < -0.39 is 17.9 Å². The molecule has 0 spiro atoms. The van der Waals surface area contributed by atoms with E-state index in [1.165, 1.54) is 44.6 Å². The second kappa shape index (κ2) is 24.5. The van der Waals surface area contributed by atoms with Gasteiger partial charge in [-0.25, -0.2) is 0 Å². The number of hydrogen-bond donors (Lipinski definition) is 5. The van der Waals surface area contributed by atoms with E-state index in [1.54, 1.807) is 6.08 Å². The van der Waals surface area contributed by atoms with Crippen LogP contribution in [0.1, 0.15) is 71.1 Å². The summed E-state index contributed by atoms with van der Waals surface area (Å²) in [6.45, 7) is 2.43. The quantitative estimate of drug-likeness (QED) is 0.121. The fourth-order valence-electron chi connectivity index (χ4n) is 2.30. The molecule has 0 radical (unpaired) electrons. The number of allylic oxidation sites excluding steroid dienone is 1. The number of aliphatic hydroxyl groups excluding tert-OH is 2. The Morgan fingerprint density at radius 1 is 0.897 bits per heavy atom. The highest BCUT2D eigenvalue weighted by Crippen LogP contribution is 2.11. The van der Waals surface area contributed by atoms with Crippen molar-refractivity contribution in [3.63, 3.8) is 0 Å². The molecule has 0 aromatic carbocycles. The molecule has 0 heterocycles. The van der Waals surface area contributed by atoms with Crippen molar-refractivity contribution in [1.82, 2.24) is 5.64 Å². The van der Waals surface area contributed by atoms with Crippen LogP contribution in [0.3, 0.4) is 0 Å². The summed E-state index contributed by atoms with van der Waals surface area (Å²) in [5.74, 6) is -3.05. The minimum Gasteiger partial charge on any atom is -0.481 e. The van der Waals surface area contributed by atoms with Crippen LogP contribution in [0.4, 0.5) is 0 Å². The summed E-state index contributed by atoms with van der Waals surface area (Å²) in [6, 6.07) is 0. The van der Waals surface area contributed by atoms with Crippen molar-refractivity contribution < 1.29 is 39.7 Å². The first-order chi connectivity index (χ1) is 14.0. The maximum absolute atomic E-state index is 10.8. The standard InChI is InChI=1S/C16H28O4.C4H11NO4/c1-2-3-4-5-6-7-8-9-10-11-12-14(16(19)20)13-15(17)18;6-1-3-8-5-9-4-2-7/h11-12,14H,2-10,13H2,1H3,(H,17,18)(H,19,20);5-7H,1-4H2. The molecular weight excluding hydrogens is 382 g/mol. The summed E-state index contributed by atoms with van der Waals surface area (Å²) in [5, 5.41) is 33.8. The van der Waals surface area contributed by atoms with Crippen molar-refractivity contribution in [1.29, 1.82) is 0 Å². The number of unbranched alkanes of at least 4 members (excludes halogenated alkanes) is 8. The van der Waals surface area contributed by atoms with Crippen LogP contribution >= 0.6 is 0 Å². The summed E-state index contributed by atoms with van der Waals surface area (Å²) < 4.78 is 0.